The van der Waals surface area contributed by atoms with Crippen molar-refractivity contribution in [3.8, 4) is 0 Å². The normalized spacial score (nSPS) is 16.3. The average Bonchev–Trinajstić information content (AvgIpc) is 3.13. The second-order valence-electron chi connectivity index (χ2n) is 6.96. The molecule has 2 aromatic heterocycles. The Labute approximate surface area is 138 Å². The Bertz CT molecular complexity index is 588. The van der Waals surface area contributed by atoms with Crippen LogP contribution in [-0.4, -0.2) is 14.8 Å². The van der Waals surface area contributed by atoms with Crippen molar-refractivity contribution in [3.05, 3.63) is 35.8 Å². The second kappa shape index (κ2) is 7.77. The Kier molecular flexibility index (Phi) is 5.49. The summed E-state index contributed by atoms with van der Waals surface area (Å²) in [5.41, 5.74) is 1.22. The van der Waals surface area contributed by atoms with Crippen LogP contribution in [0.1, 0.15) is 69.2 Å². The van der Waals surface area contributed by atoms with E-state index in [1.54, 1.807) is 6.26 Å². The Morgan fingerprint density at radius 1 is 1.22 bits per heavy atom. The second-order valence-corrected chi connectivity index (χ2v) is 6.96. The van der Waals surface area contributed by atoms with Crippen LogP contribution in [0, 0.1) is 5.92 Å². The molecule has 1 N–H and O–H groups in total. The van der Waals surface area contributed by atoms with E-state index in [4.69, 9.17) is 4.42 Å². The van der Waals surface area contributed by atoms with E-state index in [9.17, 15) is 0 Å². The third-order valence-corrected chi connectivity index (χ3v) is 4.67. The number of furan rings is 1. The molecule has 3 rings (SSSR count). The van der Waals surface area contributed by atoms with Crippen molar-refractivity contribution < 1.29 is 4.42 Å². The number of fused-ring (bicyclic) bond motifs is 1. The maximum atomic E-state index is 5.27. The summed E-state index contributed by atoms with van der Waals surface area (Å²) in [5.74, 6) is 2.93. The fourth-order valence-electron chi connectivity index (χ4n) is 3.25. The highest BCUT2D eigenvalue weighted by Gasteiger charge is 2.17. The fourth-order valence-corrected chi connectivity index (χ4v) is 3.25. The third kappa shape index (κ3) is 4.22. The maximum absolute atomic E-state index is 5.27. The van der Waals surface area contributed by atoms with Gasteiger partial charge in [0, 0.05) is 24.6 Å². The molecule has 0 bridgehead atoms. The van der Waals surface area contributed by atoms with Crippen molar-refractivity contribution >= 4 is 0 Å². The minimum Gasteiger partial charge on any atom is -0.472 e. The van der Waals surface area contributed by atoms with Crippen molar-refractivity contribution in [2.24, 2.45) is 5.92 Å². The van der Waals surface area contributed by atoms with Crippen LogP contribution in [-0.2, 0) is 19.5 Å². The molecule has 0 amide bonds. The maximum Gasteiger partial charge on any atom is 0.147 e. The summed E-state index contributed by atoms with van der Waals surface area (Å²) in [4.78, 5) is 0. The van der Waals surface area contributed by atoms with E-state index in [2.05, 4.69) is 40.0 Å². The van der Waals surface area contributed by atoms with Gasteiger partial charge in [-0.2, -0.15) is 0 Å². The summed E-state index contributed by atoms with van der Waals surface area (Å²) in [6, 6.07) is 2.37. The molecule has 0 unspecified atom stereocenters. The van der Waals surface area contributed by atoms with Crippen LogP contribution in [0.25, 0.3) is 0 Å². The number of hydrogen-bond donors (Lipinski definition) is 1. The number of aryl methyl sites for hydroxylation is 1. The van der Waals surface area contributed by atoms with Crippen molar-refractivity contribution in [3.63, 3.8) is 0 Å². The zero-order valence-electron chi connectivity index (χ0n) is 14.3. The number of nitrogens with zero attached hydrogens (tertiary/aromatic N) is 3. The van der Waals surface area contributed by atoms with Gasteiger partial charge in [-0.15, -0.1) is 10.2 Å². The number of rotatable bonds is 7. The van der Waals surface area contributed by atoms with Gasteiger partial charge in [0.1, 0.15) is 11.6 Å². The van der Waals surface area contributed by atoms with Gasteiger partial charge in [-0.1, -0.05) is 20.3 Å². The van der Waals surface area contributed by atoms with E-state index in [1.165, 1.54) is 31.2 Å². The molecule has 0 saturated carbocycles. The molecule has 0 radical (unpaired) electrons. The summed E-state index contributed by atoms with van der Waals surface area (Å²) in [6.45, 7) is 6.36. The van der Waals surface area contributed by atoms with E-state index in [0.717, 1.165) is 37.6 Å². The first-order valence-corrected chi connectivity index (χ1v) is 8.90. The molecule has 1 aliphatic heterocycles. The largest absolute Gasteiger partial charge is 0.472 e. The minimum absolute atomic E-state index is 0.315. The first-order chi connectivity index (χ1) is 11.2. The van der Waals surface area contributed by atoms with Crippen molar-refractivity contribution in [1.82, 2.24) is 20.1 Å². The van der Waals surface area contributed by atoms with E-state index >= 15 is 0 Å². The lowest BCUT2D eigenvalue weighted by molar-refractivity contribution is 0.425. The molecule has 5 nitrogen and oxygen atoms in total. The van der Waals surface area contributed by atoms with Gasteiger partial charge in [-0.3, -0.25) is 0 Å². The van der Waals surface area contributed by atoms with E-state index < -0.39 is 0 Å². The van der Waals surface area contributed by atoms with Gasteiger partial charge in [0.15, 0.2) is 0 Å². The van der Waals surface area contributed by atoms with Crippen LogP contribution in [0.4, 0.5) is 0 Å². The van der Waals surface area contributed by atoms with Gasteiger partial charge in [-0.25, -0.2) is 0 Å². The highest BCUT2D eigenvalue weighted by atomic mass is 16.3. The fraction of sp³-hybridized carbons (Fsp3) is 0.667. The van der Waals surface area contributed by atoms with Crippen LogP contribution in [0.3, 0.4) is 0 Å². The molecule has 2 aromatic rings. The van der Waals surface area contributed by atoms with E-state index in [0.29, 0.717) is 12.0 Å². The quantitative estimate of drug-likeness (QED) is 0.842. The summed E-state index contributed by atoms with van der Waals surface area (Å²) in [6.07, 6.45) is 10.7. The number of nitrogens with one attached hydrogen (secondary N) is 1. The third-order valence-electron chi connectivity index (χ3n) is 4.67. The number of hydrogen-bond acceptors (Lipinski definition) is 4. The SMILES string of the molecule is CC(C)CC[C@H](NCc1nnc2n1CCCCC2)c1ccoc1. The Balaban J connectivity index is 1.65. The lowest BCUT2D eigenvalue weighted by atomic mass is 9.99. The van der Waals surface area contributed by atoms with Gasteiger partial charge in [0.2, 0.25) is 0 Å². The summed E-state index contributed by atoms with van der Waals surface area (Å²) in [5, 5.41) is 12.5. The predicted octanol–water partition coefficient (Wildman–Crippen LogP) is 3.86. The van der Waals surface area contributed by atoms with Gasteiger partial charge in [-0.05, 0) is 37.7 Å². The lowest BCUT2D eigenvalue weighted by Gasteiger charge is -2.18. The molecule has 1 aliphatic rings. The van der Waals surface area contributed by atoms with Crippen LogP contribution in [0.2, 0.25) is 0 Å². The minimum atomic E-state index is 0.315. The molecule has 3 heterocycles. The van der Waals surface area contributed by atoms with Crippen LogP contribution in [0.15, 0.2) is 23.0 Å². The molecule has 1 atom stereocenters. The Hall–Kier alpha value is -1.62. The summed E-state index contributed by atoms with van der Waals surface area (Å²) < 4.78 is 7.59. The summed E-state index contributed by atoms with van der Waals surface area (Å²) >= 11 is 0. The summed E-state index contributed by atoms with van der Waals surface area (Å²) in [7, 11) is 0. The number of aromatic nitrogens is 3. The molecule has 126 valence electrons. The first-order valence-electron chi connectivity index (χ1n) is 8.90. The monoisotopic (exact) mass is 316 g/mol. The Morgan fingerprint density at radius 2 is 2.13 bits per heavy atom. The van der Waals surface area contributed by atoms with Crippen LogP contribution in [0.5, 0.6) is 0 Å². The van der Waals surface area contributed by atoms with E-state index in [-0.39, 0.29) is 0 Å². The Morgan fingerprint density at radius 3 is 2.91 bits per heavy atom. The zero-order valence-corrected chi connectivity index (χ0v) is 14.3. The highest BCUT2D eigenvalue weighted by Crippen LogP contribution is 2.22. The standard InChI is InChI=1S/C18H28N4O/c1-14(2)7-8-16(15-9-11-23-13-15)19-12-18-21-20-17-6-4-3-5-10-22(17)18/h9,11,13-14,16,19H,3-8,10,12H2,1-2H3/t16-/m0/s1. The van der Waals surface area contributed by atoms with Crippen LogP contribution < -0.4 is 5.32 Å². The van der Waals surface area contributed by atoms with Crippen molar-refractivity contribution in [1.29, 1.82) is 0 Å². The van der Waals surface area contributed by atoms with Crippen molar-refractivity contribution in [2.75, 3.05) is 0 Å². The first kappa shape index (κ1) is 16.2. The molecule has 5 heteroatoms. The average molecular weight is 316 g/mol. The van der Waals surface area contributed by atoms with Gasteiger partial charge in [0.05, 0.1) is 19.1 Å². The lowest BCUT2D eigenvalue weighted by Crippen LogP contribution is -2.23. The zero-order chi connectivity index (χ0) is 16.1. The van der Waals surface area contributed by atoms with E-state index in [1.807, 2.05) is 6.26 Å². The molecule has 0 aliphatic carbocycles. The molecule has 0 saturated heterocycles. The van der Waals surface area contributed by atoms with Gasteiger partial charge < -0.3 is 14.3 Å². The molecular formula is C18H28N4O. The van der Waals surface area contributed by atoms with Crippen molar-refractivity contribution in [2.45, 2.75) is 71.5 Å². The van der Waals surface area contributed by atoms with Gasteiger partial charge >= 0.3 is 0 Å². The highest BCUT2D eigenvalue weighted by molar-refractivity contribution is 5.12. The van der Waals surface area contributed by atoms with Gasteiger partial charge in [0.25, 0.3) is 0 Å². The molecule has 23 heavy (non-hydrogen) atoms. The predicted molar refractivity (Wildman–Crippen MR) is 89.9 cm³/mol. The van der Waals surface area contributed by atoms with Crippen LogP contribution >= 0.6 is 0 Å². The molecule has 0 fully saturated rings. The molecular weight excluding hydrogens is 288 g/mol. The topological polar surface area (TPSA) is 55.9 Å². The molecule has 0 aromatic carbocycles. The molecule has 0 spiro atoms. The smallest absolute Gasteiger partial charge is 0.147 e.